The number of hydrogen-bond acceptors (Lipinski definition) is 0. The highest BCUT2D eigenvalue weighted by Crippen LogP contribution is 2.21. The molecule has 0 radical (unpaired) electrons. The Morgan fingerprint density at radius 2 is 2.00 bits per heavy atom. The molecule has 2 atom stereocenters. The summed E-state index contributed by atoms with van der Waals surface area (Å²) in [6.07, 6.45) is 1.45. The summed E-state index contributed by atoms with van der Waals surface area (Å²) in [5.41, 5.74) is 0.538. The van der Waals surface area contributed by atoms with Crippen LogP contribution in [-0.2, 0) is 6.42 Å². The summed E-state index contributed by atoms with van der Waals surface area (Å²) in [7, 11) is 0. The maximum Gasteiger partial charge on any atom is 0.129 e. The van der Waals surface area contributed by atoms with Gasteiger partial charge < -0.3 is 0 Å². The summed E-state index contributed by atoms with van der Waals surface area (Å²) >= 11 is 5.98. The molecule has 0 spiro atoms. The molecule has 0 fully saturated rings. The third kappa shape index (κ3) is 3.45. The second kappa shape index (κ2) is 5.45. The Bertz CT molecular complexity index is 323. The lowest BCUT2D eigenvalue weighted by Crippen LogP contribution is -2.14. The Morgan fingerprint density at radius 3 is 2.47 bits per heavy atom. The van der Waals surface area contributed by atoms with E-state index in [4.69, 9.17) is 11.6 Å². The van der Waals surface area contributed by atoms with Gasteiger partial charge in [0.1, 0.15) is 11.6 Å². The molecule has 0 aliphatic heterocycles. The summed E-state index contributed by atoms with van der Waals surface area (Å²) in [5.74, 6) is -0.791. The van der Waals surface area contributed by atoms with Gasteiger partial charge in [0.05, 0.1) is 0 Å². The minimum Gasteiger partial charge on any atom is -0.207 e. The van der Waals surface area contributed by atoms with Crippen molar-refractivity contribution in [2.45, 2.75) is 32.1 Å². The van der Waals surface area contributed by atoms with Gasteiger partial charge in [-0.2, -0.15) is 0 Å². The SMILES string of the molecule is CCC(Cc1ccc(F)cc1F)C(C)Cl. The fourth-order valence-corrected chi connectivity index (χ4v) is 1.87. The number of hydrogen-bond donors (Lipinski definition) is 0. The van der Waals surface area contributed by atoms with Crippen molar-refractivity contribution in [3.63, 3.8) is 0 Å². The number of halogens is 3. The minimum atomic E-state index is -0.539. The van der Waals surface area contributed by atoms with Crippen molar-refractivity contribution in [3.8, 4) is 0 Å². The standard InChI is InChI=1S/C12H15ClF2/c1-3-9(8(2)13)6-10-4-5-11(14)7-12(10)15/h4-5,7-9H,3,6H2,1-2H3. The molecule has 15 heavy (non-hydrogen) atoms. The summed E-state index contributed by atoms with van der Waals surface area (Å²) < 4.78 is 26.0. The van der Waals surface area contributed by atoms with Gasteiger partial charge in [-0.3, -0.25) is 0 Å². The zero-order valence-corrected chi connectivity index (χ0v) is 9.69. The van der Waals surface area contributed by atoms with E-state index in [0.29, 0.717) is 12.0 Å². The number of benzene rings is 1. The third-order valence-electron chi connectivity index (χ3n) is 2.67. The summed E-state index contributed by atoms with van der Waals surface area (Å²) in [6.45, 7) is 3.92. The molecule has 2 unspecified atom stereocenters. The summed E-state index contributed by atoms with van der Waals surface area (Å²) in [5, 5.41) is -0.000506. The lowest BCUT2D eigenvalue weighted by atomic mass is 9.94. The van der Waals surface area contributed by atoms with E-state index < -0.39 is 11.6 Å². The quantitative estimate of drug-likeness (QED) is 0.684. The summed E-state index contributed by atoms with van der Waals surface area (Å²) in [4.78, 5) is 0. The monoisotopic (exact) mass is 232 g/mol. The molecule has 0 N–H and O–H groups in total. The normalized spacial score (nSPS) is 15.0. The Balaban J connectivity index is 2.79. The Labute approximate surface area is 94.3 Å². The second-order valence-electron chi connectivity index (χ2n) is 3.79. The molecule has 0 amide bonds. The molecule has 1 rings (SSSR count). The number of rotatable bonds is 4. The highest BCUT2D eigenvalue weighted by atomic mass is 35.5. The van der Waals surface area contributed by atoms with Crippen LogP contribution in [0.3, 0.4) is 0 Å². The molecule has 0 aliphatic carbocycles. The predicted octanol–water partition coefficient (Wildman–Crippen LogP) is 4.16. The van der Waals surface area contributed by atoms with Gasteiger partial charge in [-0.25, -0.2) is 8.78 Å². The second-order valence-corrected chi connectivity index (χ2v) is 4.47. The van der Waals surface area contributed by atoms with E-state index in [-0.39, 0.29) is 11.3 Å². The van der Waals surface area contributed by atoms with Crippen LogP contribution in [0, 0.1) is 17.6 Å². The van der Waals surface area contributed by atoms with E-state index in [1.807, 2.05) is 13.8 Å². The topological polar surface area (TPSA) is 0 Å². The first kappa shape index (κ1) is 12.4. The van der Waals surface area contributed by atoms with Crippen LogP contribution in [0.25, 0.3) is 0 Å². The molecule has 1 aromatic carbocycles. The van der Waals surface area contributed by atoms with Crippen molar-refractivity contribution in [2.75, 3.05) is 0 Å². The van der Waals surface area contributed by atoms with Crippen molar-refractivity contribution in [2.24, 2.45) is 5.92 Å². The van der Waals surface area contributed by atoms with Crippen LogP contribution in [0.4, 0.5) is 8.78 Å². The van der Waals surface area contributed by atoms with E-state index in [0.717, 1.165) is 12.5 Å². The molecular formula is C12H15ClF2. The number of alkyl halides is 1. The minimum absolute atomic E-state index is 0.000506. The lowest BCUT2D eigenvalue weighted by Gasteiger charge is -2.17. The highest BCUT2D eigenvalue weighted by molar-refractivity contribution is 6.20. The Morgan fingerprint density at radius 1 is 1.33 bits per heavy atom. The molecule has 0 bridgehead atoms. The fraction of sp³-hybridized carbons (Fsp3) is 0.500. The van der Waals surface area contributed by atoms with Crippen LogP contribution in [0.15, 0.2) is 18.2 Å². The van der Waals surface area contributed by atoms with Crippen LogP contribution in [0.2, 0.25) is 0 Å². The van der Waals surface area contributed by atoms with E-state index in [1.165, 1.54) is 12.1 Å². The van der Waals surface area contributed by atoms with Crippen molar-refractivity contribution in [1.29, 1.82) is 0 Å². The highest BCUT2D eigenvalue weighted by Gasteiger charge is 2.15. The van der Waals surface area contributed by atoms with Crippen LogP contribution < -0.4 is 0 Å². The molecule has 0 aromatic heterocycles. The molecule has 0 saturated heterocycles. The average Bonchev–Trinajstić information content (AvgIpc) is 2.16. The molecular weight excluding hydrogens is 218 g/mol. The van der Waals surface area contributed by atoms with Crippen LogP contribution >= 0.6 is 11.6 Å². The van der Waals surface area contributed by atoms with Crippen molar-refractivity contribution < 1.29 is 8.78 Å². The molecule has 0 heterocycles. The molecule has 0 aliphatic rings. The van der Waals surface area contributed by atoms with Gasteiger partial charge in [0.25, 0.3) is 0 Å². The van der Waals surface area contributed by atoms with Crippen molar-refractivity contribution in [1.82, 2.24) is 0 Å². The first-order valence-electron chi connectivity index (χ1n) is 5.12. The van der Waals surface area contributed by atoms with Gasteiger partial charge >= 0.3 is 0 Å². The first-order valence-corrected chi connectivity index (χ1v) is 5.56. The van der Waals surface area contributed by atoms with Gasteiger partial charge in [0, 0.05) is 11.4 Å². The van der Waals surface area contributed by atoms with E-state index in [2.05, 4.69) is 0 Å². The van der Waals surface area contributed by atoms with Gasteiger partial charge in [-0.15, -0.1) is 11.6 Å². The van der Waals surface area contributed by atoms with Gasteiger partial charge in [-0.1, -0.05) is 19.4 Å². The zero-order chi connectivity index (χ0) is 11.4. The lowest BCUT2D eigenvalue weighted by molar-refractivity contribution is 0.479. The predicted molar refractivity (Wildman–Crippen MR) is 59.2 cm³/mol. The maximum absolute atomic E-state index is 13.3. The summed E-state index contributed by atoms with van der Waals surface area (Å²) in [6, 6.07) is 3.69. The molecule has 0 nitrogen and oxygen atoms in total. The smallest absolute Gasteiger partial charge is 0.129 e. The Kier molecular flexibility index (Phi) is 4.52. The average molecular weight is 233 g/mol. The third-order valence-corrected chi connectivity index (χ3v) is 3.03. The molecule has 84 valence electrons. The van der Waals surface area contributed by atoms with Crippen LogP contribution in [0.5, 0.6) is 0 Å². The maximum atomic E-state index is 13.3. The van der Waals surface area contributed by atoms with Crippen LogP contribution in [-0.4, -0.2) is 5.38 Å². The van der Waals surface area contributed by atoms with E-state index in [1.54, 1.807) is 0 Å². The Hall–Kier alpha value is -0.630. The van der Waals surface area contributed by atoms with Crippen LogP contribution in [0.1, 0.15) is 25.8 Å². The fourth-order valence-electron chi connectivity index (χ4n) is 1.60. The van der Waals surface area contributed by atoms with Crippen molar-refractivity contribution in [3.05, 3.63) is 35.4 Å². The van der Waals surface area contributed by atoms with E-state index >= 15 is 0 Å². The van der Waals surface area contributed by atoms with Gasteiger partial charge in [-0.05, 0) is 30.9 Å². The zero-order valence-electron chi connectivity index (χ0n) is 8.93. The molecule has 1 aromatic rings. The van der Waals surface area contributed by atoms with Gasteiger partial charge in [0.15, 0.2) is 0 Å². The first-order chi connectivity index (χ1) is 7.04. The van der Waals surface area contributed by atoms with Gasteiger partial charge in [0.2, 0.25) is 0 Å². The largest absolute Gasteiger partial charge is 0.207 e. The van der Waals surface area contributed by atoms with Crippen molar-refractivity contribution >= 4 is 11.6 Å². The van der Waals surface area contributed by atoms with E-state index in [9.17, 15) is 8.78 Å². The molecule has 3 heteroatoms. The molecule has 0 saturated carbocycles.